The van der Waals surface area contributed by atoms with Gasteiger partial charge in [0.2, 0.25) is 5.89 Å². The summed E-state index contributed by atoms with van der Waals surface area (Å²) < 4.78 is 24.3. The minimum atomic E-state index is -1.41. The number of aromatic nitrogens is 4. The quantitative estimate of drug-likeness (QED) is 0.519. The Morgan fingerprint density at radius 1 is 1.31 bits per heavy atom. The third-order valence-corrected chi connectivity index (χ3v) is 6.66. The van der Waals surface area contributed by atoms with Crippen LogP contribution in [0.5, 0.6) is 0 Å². The van der Waals surface area contributed by atoms with E-state index in [1.54, 1.807) is 21.7 Å². The minimum absolute atomic E-state index is 0.0166. The van der Waals surface area contributed by atoms with Crippen LogP contribution in [0.4, 0.5) is 10.5 Å². The highest BCUT2D eigenvalue weighted by molar-refractivity contribution is 7.84. The molecule has 3 aromatic rings. The molecule has 1 aliphatic rings. The molecule has 0 bridgehead atoms. The van der Waals surface area contributed by atoms with Gasteiger partial charge < -0.3 is 25.1 Å². The zero-order valence-electron chi connectivity index (χ0n) is 21.2. The van der Waals surface area contributed by atoms with Crippen molar-refractivity contribution in [1.29, 1.82) is 0 Å². The molecule has 1 saturated heterocycles. The second kappa shape index (κ2) is 9.19. The number of ether oxygens (including phenoxy) is 1. The Labute approximate surface area is 211 Å². The summed E-state index contributed by atoms with van der Waals surface area (Å²) in [5, 5.41) is 15.6. The van der Waals surface area contributed by atoms with E-state index in [9.17, 15) is 13.8 Å². The fourth-order valence-electron chi connectivity index (χ4n) is 4.24. The molecule has 1 aliphatic heterocycles. The molecule has 4 heterocycles. The molecule has 0 radical (unpaired) electrons. The number of fused-ring (bicyclic) bond motifs is 1. The number of nitrogens with two attached hydrogens (primary N) is 1. The number of primary amides is 1. The lowest BCUT2D eigenvalue weighted by molar-refractivity contribution is 0.00691. The molecular formula is C23H31N7O5S. The first-order valence-electron chi connectivity index (χ1n) is 11.5. The van der Waals surface area contributed by atoms with Crippen LogP contribution in [0.25, 0.3) is 17.0 Å². The SMILES string of the molecule is CS(=O)c1nnc(-c2cc3c(N[C@@H]4CCN(C(=O)OC(C)(C)C)CC4(C)C)c(C(N)=O)cnn3c2)o1. The number of amides is 2. The lowest BCUT2D eigenvalue weighted by atomic mass is 9.79. The van der Waals surface area contributed by atoms with Crippen molar-refractivity contribution >= 4 is 34.0 Å². The zero-order valence-corrected chi connectivity index (χ0v) is 22.0. The number of carbonyl (C=O) groups excluding carboxylic acids is 2. The molecule has 1 unspecified atom stereocenters. The van der Waals surface area contributed by atoms with Gasteiger partial charge in [-0.1, -0.05) is 18.9 Å². The van der Waals surface area contributed by atoms with Crippen LogP contribution in [-0.4, -0.2) is 71.9 Å². The molecule has 0 aliphatic carbocycles. The Morgan fingerprint density at radius 3 is 2.61 bits per heavy atom. The first kappa shape index (κ1) is 25.6. The zero-order chi connectivity index (χ0) is 26.4. The number of carbonyl (C=O) groups is 2. The van der Waals surface area contributed by atoms with Gasteiger partial charge >= 0.3 is 11.3 Å². The molecule has 0 spiro atoms. The third kappa shape index (κ3) is 5.20. The van der Waals surface area contributed by atoms with Gasteiger partial charge in [-0.2, -0.15) is 5.10 Å². The topological polar surface area (TPSA) is 158 Å². The van der Waals surface area contributed by atoms with E-state index in [1.165, 1.54) is 12.5 Å². The van der Waals surface area contributed by atoms with Gasteiger partial charge in [0.25, 0.3) is 5.91 Å². The van der Waals surface area contributed by atoms with E-state index < -0.39 is 22.3 Å². The fraction of sp³-hybridized carbons (Fsp3) is 0.522. The number of hydrogen-bond acceptors (Lipinski definition) is 9. The summed E-state index contributed by atoms with van der Waals surface area (Å²) in [7, 11) is -1.41. The van der Waals surface area contributed by atoms with Crippen molar-refractivity contribution in [3.8, 4) is 11.5 Å². The highest BCUT2D eigenvalue weighted by atomic mass is 32.2. The molecule has 4 rings (SSSR count). The van der Waals surface area contributed by atoms with Gasteiger partial charge in [-0.25, -0.2) is 13.5 Å². The molecule has 36 heavy (non-hydrogen) atoms. The van der Waals surface area contributed by atoms with E-state index >= 15 is 0 Å². The van der Waals surface area contributed by atoms with E-state index in [0.29, 0.717) is 36.3 Å². The molecule has 3 aromatic heterocycles. The molecular weight excluding hydrogens is 486 g/mol. The molecule has 0 aromatic carbocycles. The number of hydrogen-bond donors (Lipinski definition) is 2. The maximum atomic E-state index is 12.6. The van der Waals surface area contributed by atoms with Crippen LogP contribution in [0, 0.1) is 5.41 Å². The Hall–Kier alpha value is -3.48. The van der Waals surface area contributed by atoms with Crippen LogP contribution in [0.3, 0.4) is 0 Å². The van der Waals surface area contributed by atoms with Gasteiger partial charge in [-0.05, 0) is 33.3 Å². The number of likely N-dealkylation sites (tertiary alicyclic amines) is 1. The lowest BCUT2D eigenvalue weighted by Crippen LogP contribution is -2.54. The summed E-state index contributed by atoms with van der Waals surface area (Å²) in [6.07, 6.45) is 4.82. The second-order valence-corrected chi connectivity index (χ2v) is 11.8. The highest BCUT2D eigenvalue weighted by Crippen LogP contribution is 2.35. The summed E-state index contributed by atoms with van der Waals surface area (Å²) in [5.74, 6) is -0.441. The third-order valence-electron chi connectivity index (χ3n) is 6.00. The number of rotatable bonds is 5. The van der Waals surface area contributed by atoms with Crippen LogP contribution in [0.2, 0.25) is 0 Å². The highest BCUT2D eigenvalue weighted by Gasteiger charge is 2.39. The van der Waals surface area contributed by atoms with E-state index in [1.807, 2.05) is 20.8 Å². The van der Waals surface area contributed by atoms with Crippen molar-refractivity contribution in [3.63, 3.8) is 0 Å². The first-order valence-corrected chi connectivity index (χ1v) is 13.0. The first-order chi connectivity index (χ1) is 16.7. The van der Waals surface area contributed by atoms with Crippen LogP contribution in [-0.2, 0) is 15.5 Å². The maximum Gasteiger partial charge on any atom is 0.410 e. The average Bonchev–Trinajstić information content (AvgIpc) is 3.40. The monoisotopic (exact) mass is 517 g/mol. The predicted octanol–water partition coefficient (Wildman–Crippen LogP) is 2.67. The Balaban J connectivity index is 1.65. The van der Waals surface area contributed by atoms with Crippen LogP contribution >= 0.6 is 0 Å². The van der Waals surface area contributed by atoms with Crippen LogP contribution < -0.4 is 11.1 Å². The van der Waals surface area contributed by atoms with Gasteiger partial charge in [0.1, 0.15) is 16.4 Å². The summed E-state index contributed by atoms with van der Waals surface area (Å²) >= 11 is 0. The van der Waals surface area contributed by atoms with Gasteiger partial charge in [0, 0.05) is 37.0 Å². The van der Waals surface area contributed by atoms with E-state index in [-0.39, 0.29) is 34.2 Å². The molecule has 2 amide bonds. The van der Waals surface area contributed by atoms with Gasteiger partial charge in [-0.15, -0.1) is 5.10 Å². The Bertz CT molecular complexity index is 1340. The molecule has 12 nitrogen and oxygen atoms in total. The smallest absolute Gasteiger partial charge is 0.410 e. The normalized spacial score (nSPS) is 18.7. The van der Waals surface area contributed by atoms with Crippen LogP contribution in [0.15, 0.2) is 28.1 Å². The van der Waals surface area contributed by atoms with Gasteiger partial charge in [0.05, 0.1) is 28.5 Å². The van der Waals surface area contributed by atoms with Crippen molar-refractivity contribution in [3.05, 3.63) is 24.0 Å². The van der Waals surface area contributed by atoms with E-state index in [2.05, 4.69) is 34.5 Å². The number of nitrogens with one attached hydrogen (secondary N) is 1. The van der Waals surface area contributed by atoms with Crippen molar-refractivity contribution in [2.45, 2.75) is 57.9 Å². The molecule has 1 fully saturated rings. The predicted molar refractivity (Wildman–Crippen MR) is 133 cm³/mol. The summed E-state index contributed by atoms with van der Waals surface area (Å²) in [6, 6.07) is 1.66. The molecule has 13 heteroatoms. The van der Waals surface area contributed by atoms with Crippen molar-refractivity contribution in [2.24, 2.45) is 11.1 Å². The lowest BCUT2D eigenvalue weighted by Gasteiger charge is -2.45. The van der Waals surface area contributed by atoms with Gasteiger partial charge in [0.15, 0.2) is 0 Å². The summed E-state index contributed by atoms with van der Waals surface area (Å²) in [5.41, 5.74) is 6.64. The van der Waals surface area contributed by atoms with E-state index in [0.717, 1.165) is 0 Å². The maximum absolute atomic E-state index is 12.6. The molecule has 3 N–H and O–H groups in total. The number of nitrogens with zero attached hydrogens (tertiary/aromatic N) is 5. The fourth-order valence-corrected chi connectivity index (χ4v) is 4.59. The minimum Gasteiger partial charge on any atom is -0.444 e. The number of anilines is 1. The average molecular weight is 518 g/mol. The van der Waals surface area contributed by atoms with Crippen molar-refractivity contribution in [2.75, 3.05) is 24.7 Å². The Kier molecular flexibility index (Phi) is 6.54. The Morgan fingerprint density at radius 2 is 2.03 bits per heavy atom. The van der Waals surface area contributed by atoms with E-state index in [4.69, 9.17) is 14.9 Å². The van der Waals surface area contributed by atoms with Gasteiger partial charge in [-0.3, -0.25) is 4.79 Å². The van der Waals surface area contributed by atoms with Crippen molar-refractivity contribution < 1.29 is 23.0 Å². The second-order valence-electron chi connectivity index (χ2n) is 10.6. The molecule has 2 atom stereocenters. The van der Waals surface area contributed by atoms with Crippen LogP contribution in [0.1, 0.15) is 51.4 Å². The summed E-state index contributed by atoms with van der Waals surface area (Å²) in [4.78, 5) is 26.6. The van der Waals surface area contributed by atoms with Crippen molar-refractivity contribution in [1.82, 2.24) is 24.7 Å². The summed E-state index contributed by atoms with van der Waals surface area (Å²) in [6.45, 7) is 10.6. The molecule has 194 valence electrons. The largest absolute Gasteiger partial charge is 0.444 e. The number of piperidine rings is 1. The standard InChI is InChI=1S/C23H31N7O5S/c1-22(2,3)35-21(32)29-8-7-16(23(4,5)12-29)26-17-14(18(24)31)10-25-30-11-13(9-15(17)30)19-27-28-20(34-19)36(6)33/h9-11,16,26H,7-8,12H2,1-6H3,(H2,24,31)/t16-,36?/m1/s1. The molecule has 0 saturated carbocycles.